The van der Waals surface area contributed by atoms with Crippen LogP contribution in [0.4, 0.5) is 5.69 Å². The second-order valence-corrected chi connectivity index (χ2v) is 7.66. The molecule has 1 atom stereocenters. The van der Waals surface area contributed by atoms with Crippen molar-refractivity contribution in [2.75, 3.05) is 45.3 Å². The summed E-state index contributed by atoms with van der Waals surface area (Å²) in [6, 6.07) is 17.9. The Kier molecular flexibility index (Phi) is 7.39. The highest BCUT2D eigenvalue weighted by molar-refractivity contribution is 6.02. The normalized spacial score (nSPS) is 14.9. The fourth-order valence-electron chi connectivity index (χ4n) is 3.77. The molecule has 2 N–H and O–H groups in total. The van der Waals surface area contributed by atoms with Crippen molar-refractivity contribution in [2.24, 2.45) is 0 Å². The zero-order valence-corrected chi connectivity index (χ0v) is 18.5. The summed E-state index contributed by atoms with van der Waals surface area (Å²) >= 11 is 0. The molecule has 172 valence electrons. The van der Waals surface area contributed by atoms with Crippen LogP contribution in [0.5, 0.6) is 5.75 Å². The number of morpholine rings is 1. The van der Waals surface area contributed by atoms with E-state index < -0.39 is 0 Å². The van der Waals surface area contributed by atoms with Gasteiger partial charge in [-0.05, 0) is 54.1 Å². The molecule has 1 aromatic heterocycles. The molecule has 33 heavy (non-hydrogen) atoms. The van der Waals surface area contributed by atoms with Crippen LogP contribution in [0.15, 0.2) is 71.3 Å². The highest BCUT2D eigenvalue weighted by Gasteiger charge is 2.23. The second-order valence-electron chi connectivity index (χ2n) is 7.66. The number of hydrogen-bond acceptors (Lipinski definition) is 6. The first-order valence-corrected chi connectivity index (χ1v) is 10.8. The van der Waals surface area contributed by atoms with E-state index in [1.54, 1.807) is 43.5 Å². The lowest BCUT2D eigenvalue weighted by molar-refractivity contribution is 0.0162. The van der Waals surface area contributed by atoms with Crippen molar-refractivity contribution in [3.05, 3.63) is 83.8 Å². The molecular formula is C25H27N3O5. The summed E-state index contributed by atoms with van der Waals surface area (Å²) in [4.78, 5) is 27.2. The largest absolute Gasteiger partial charge is 0.497 e. The van der Waals surface area contributed by atoms with Gasteiger partial charge < -0.3 is 24.5 Å². The lowest BCUT2D eigenvalue weighted by Crippen LogP contribution is -2.43. The van der Waals surface area contributed by atoms with Crippen molar-refractivity contribution in [1.29, 1.82) is 0 Å². The number of rotatable bonds is 8. The van der Waals surface area contributed by atoms with Crippen LogP contribution >= 0.6 is 0 Å². The molecular weight excluding hydrogens is 422 g/mol. The number of benzene rings is 2. The van der Waals surface area contributed by atoms with Gasteiger partial charge in [0.25, 0.3) is 11.8 Å². The van der Waals surface area contributed by atoms with Crippen LogP contribution in [-0.4, -0.2) is 56.7 Å². The molecule has 0 radical (unpaired) electrons. The van der Waals surface area contributed by atoms with Gasteiger partial charge in [0.2, 0.25) is 0 Å². The Balaban J connectivity index is 1.39. The molecule has 3 aromatic rings. The smallest absolute Gasteiger partial charge is 0.291 e. The Labute approximate surface area is 192 Å². The molecule has 1 saturated heterocycles. The van der Waals surface area contributed by atoms with Crippen molar-refractivity contribution in [1.82, 2.24) is 10.2 Å². The molecule has 1 fully saturated rings. The number of anilines is 1. The van der Waals surface area contributed by atoms with Gasteiger partial charge in [-0.3, -0.25) is 14.5 Å². The molecule has 0 bridgehead atoms. The summed E-state index contributed by atoms with van der Waals surface area (Å²) in [7, 11) is 1.64. The van der Waals surface area contributed by atoms with Crippen molar-refractivity contribution in [3.8, 4) is 5.75 Å². The predicted octanol–water partition coefficient (Wildman–Crippen LogP) is 3.34. The van der Waals surface area contributed by atoms with Gasteiger partial charge in [-0.2, -0.15) is 0 Å². The van der Waals surface area contributed by atoms with Gasteiger partial charge in [0, 0.05) is 30.9 Å². The first kappa shape index (κ1) is 22.6. The van der Waals surface area contributed by atoms with E-state index in [1.807, 2.05) is 24.3 Å². The van der Waals surface area contributed by atoms with Crippen LogP contribution < -0.4 is 15.4 Å². The van der Waals surface area contributed by atoms with E-state index >= 15 is 0 Å². The maximum atomic E-state index is 12.8. The molecule has 4 rings (SSSR count). The van der Waals surface area contributed by atoms with Crippen LogP contribution in [0, 0.1) is 0 Å². The molecule has 8 heteroatoms. The topological polar surface area (TPSA) is 93.0 Å². The van der Waals surface area contributed by atoms with Crippen LogP contribution in [0.1, 0.15) is 32.5 Å². The molecule has 2 amide bonds. The minimum absolute atomic E-state index is 0.0237. The van der Waals surface area contributed by atoms with E-state index in [1.165, 1.54) is 6.26 Å². The number of furan rings is 1. The lowest BCUT2D eigenvalue weighted by atomic mass is 10.0. The first-order valence-electron chi connectivity index (χ1n) is 10.8. The maximum absolute atomic E-state index is 12.8. The predicted molar refractivity (Wildman–Crippen MR) is 124 cm³/mol. The number of carbonyl (C=O) groups excluding carboxylic acids is 2. The van der Waals surface area contributed by atoms with Crippen molar-refractivity contribution in [2.45, 2.75) is 6.04 Å². The maximum Gasteiger partial charge on any atom is 0.291 e. The van der Waals surface area contributed by atoms with Gasteiger partial charge in [0.1, 0.15) is 5.75 Å². The number of nitrogens with zero attached hydrogens (tertiary/aromatic N) is 1. The summed E-state index contributed by atoms with van der Waals surface area (Å²) < 4.78 is 15.9. The third-order valence-electron chi connectivity index (χ3n) is 5.59. The molecule has 0 saturated carbocycles. The number of amides is 2. The minimum atomic E-state index is -0.343. The van der Waals surface area contributed by atoms with Gasteiger partial charge in [-0.25, -0.2) is 0 Å². The number of carbonyl (C=O) groups is 2. The Bertz CT molecular complexity index is 1040. The van der Waals surface area contributed by atoms with E-state index in [-0.39, 0.29) is 23.6 Å². The van der Waals surface area contributed by atoms with Crippen LogP contribution in [0.2, 0.25) is 0 Å². The highest BCUT2D eigenvalue weighted by atomic mass is 16.5. The molecule has 1 aliphatic heterocycles. The average Bonchev–Trinajstić information content (AvgIpc) is 3.41. The number of nitrogens with one attached hydrogen (secondary N) is 2. The molecule has 1 aliphatic rings. The Hall–Kier alpha value is -3.62. The molecule has 0 aliphatic carbocycles. The van der Waals surface area contributed by atoms with Gasteiger partial charge >= 0.3 is 0 Å². The zero-order chi connectivity index (χ0) is 23.0. The van der Waals surface area contributed by atoms with Crippen molar-refractivity contribution >= 4 is 17.5 Å². The number of methoxy groups -OCH3 is 1. The monoisotopic (exact) mass is 449 g/mol. The summed E-state index contributed by atoms with van der Waals surface area (Å²) in [5.74, 6) is 0.503. The SMILES string of the molecule is COc1ccc(C(CNC(=O)c2ccc(NC(=O)c3ccco3)cc2)N2CCOCC2)cc1. The molecule has 2 aromatic carbocycles. The molecule has 2 heterocycles. The fraction of sp³-hybridized carbons (Fsp3) is 0.280. The fourth-order valence-corrected chi connectivity index (χ4v) is 3.77. The summed E-state index contributed by atoms with van der Waals surface area (Å²) in [5, 5.41) is 5.79. The quantitative estimate of drug-likeness (QED) is 0.548. The third-order valence-corrected chi connectivity index (χ3v) is 5.59. The highest BCUT2D eigenvalue weighted by Crippen LogP contribution is 2.24. The molecule has 8 nitrogen and oxygen atoms in total. The Morgan fingerprint density at radius 1 is 1.00 bits per heavy atom. The zero-order valence-electron chi connectivity index (χ0n) is 18.5. The third kappa shape index (κ3) is 5.79. The van der Waals surface area contributed by atoms with Gasteiger partial charge in [-0.15, -0.1) is 0 Å². The molecule has 1 unspecified atom stereocenters. The van der Waals surface area contributed by atoms with E-state index in [4.69, 9.17) is 13.9 Å². The lowest BCUT2D eigenvalue weighted by Gasteiger charge is -2.35. The van der Waals surface area contributed by atoms with Gasteiger partial charge in [0.15, 0.2) is 5.76 Å². The minimum Gasteiger partial charge on any atom is -0.497 e. The van der Waals surface area contributed by atoms with Crippen molar-refractivity contribution in [3.63, 3.8) is 0 Å². The summed E-state index contributed by atoms with van der Waals surface area (Å²) in [5.41, 5.74) is 2.20. The van der Waals surface area contributed by atoms with Gasteiger partial charge in [-0.1, -0.05) is 12.1 Å². The number of hydrogen-bond donors (Lipinski definition) is 2. The Morgan fingerprint density at radius 3 is 2.36 bits per heavy atom. The first-order chi connectivity index (χ1) is 16.1. The summed E-state index contributed by atoms with van der Waals surface area (Å²) in [6.07, 6.45) is 1.44. The van der Waals surface area contributed by atoms with E-state index in [2.05, 4.69) is 15.5 Å². The second kappa shape index (κ2) is 10.8. The number of ether oxygens (including phenoxy) is 2. The standard InChI is InChI=1S/C25H27N3O5/c1-31-21-10-6-18(7-11-21)22(28-12-15-32-16-13-28)17-26-24(29)19-4-8-20(9-5-19)27-25(30)23-3-2-14-33-23/h2-11,14,22H,12-13,15-17H2,1H3,(H,26,29)(H,27,30). The van der Waals surface area contributed by atoms with Crippen LogP contribution in [0.3, 0.4) is 0 Å². The van der Waals surface area contributed by atoms with E-state index in [9.17, 15) is 9.59 Å². The Morgan fingerprint density at radius 2 is 1.73 bits per heavy atom. The van der Waals surface area contributed by atoms with E-state index in [0.717, 1.165) is 24.4 Å². The molecule has 0 spiro atoms. The van der Waals surface area contributed by atoms with E-state index in [0.29, 0.717) is 31.0 Å². The average molecular weight is 450 g/mol. The van der Waals surface area contributed by atoms with Crippen LogP contribution in [0.25, 0.3) is 0 Å². The van der Waals surface area contributed by atoms with Gasteiger partial charge in [0.05, 0.1) is 32.6 Å². The summed E-state index contributed by atoms with van der Waals surface area (Å²) in [6.45, 7) is 3.41. The van der Waals surface area contributed by atoms with Crippen LogP contribution in [-0.2, 0) is 4.74 Å². The van der Waals surface area contributed by atoms with Crippen molar-refractivity contribution < 1.29 is 23.5 Å².